The first kappa shape index (κ1) is 34.2. The maximum atomic E-state index is 13.6. The largest absolute Gasteiger partial charge is 0.353 e. The van der Waals surface area contributed by atoms with Gasteiger partial charge in [-0.15, -0.1) is 0 Å². The zero-order valence-electron chi connectivity index (χ0n) is 27.3. The predicted molar refractivity (Wildman–Crippen MR) is 200 cm³/mol. The number of anilines is 2. The Morgan fingerprint density at radius 1 is 0.808 bits per heavy atom. The van der Waals surface area contributed by atoms with E-state index in [9.17, 15) is 16.8 Å². The zero-order chi connectivity index (χ0) is 36.2. The number of benzene rings is 4. The number of sulfonamides is 2. The summed E-state index contributed by atoms with van der Waals surface area (Å²) >= 11 is 13.1. The molecule has 0 spiro atoms. The number of H-pyrrole nitrogens is 2. The number of nitrogens with one attached hydrogen (secondary N) is 4. The number of hydrogen-bond donors (Lipinski definition) is 4. The lowest BCUT2D eigenvalue weighted by atomic mass is 9.85. The van der Waals surface area contributed by atoms with Gasteiger partial charge in [0.2, 0.25) is 5.76 Å². The van der Waals surface area contributed by atoms with Gasteiger partial charge in [0.25, 0.3) is 20.0 Å². The van der Waals surface area contributed by atoms with E-state index >= 15 is 0 Å². The summed E-state index contributed by atoms with van der Waals surface area (Å²) < 4.78 is 63.9. The Labute approximate surface area is 308 Å². The first-order valence-electron chi connectivity index (χ1n) is 16.1. The van der Waals surface area contributed by atoms with Crippen molar-refractivity contribution in [1.29, 1.82) is 0 Å². The van der Waals surface area contributed by atoms with Crippen LogP contribution in [0.2, 0.25) is 10.0 Å². The first-order chi connectivity index (χ1) is 24.9. The minimum atomic E-state index is -4.03. The summed E-state index contributed by atoms with van der Waals surface area (Å²) in [5, 5.41) is 4.30. The Bertz CT molecular complexity index is 2680. The normalized spacial score (nSPS) is 17.1. The van der Waals surface area contributed by atoms with Gasteiger partial charge in [-0.25, -0.2) is 26.8 Å². The second-order valence-corrected chi connectivity index (χ2v) is 16.7. The maximum absolute atomic E-state index is 13.6. The maximum Gasteiger partial charge on any atom is 0.262 e. The molecule has 0 aliphatic carbocycles. The SMILES string of the molecule is CN1CCC(c2cccc(NS(=O)(=O)c3ccc4nc(-c5ccno5)[nH]c4c3)c2Cl)CC1c1nc2ccc(S(=O)(=O)Nc3ccccc3Cl)cc2[nH]1. The van der Waals surface area contributed by atoms with Crippen LogP contribution in [0, 0.1) is 0 Å². The lowest BCUT2D eigenvalue weighted by molar-refractivity contribution is 0.164. The minimum absolute atomic E-state index is 0.0158. The van der Waals surface area contributed by atoms with E-state index in [2.05, 4.69) is 34.5 Å². The van der Waals surface area contributed by atoms with E-state index in [4.69, 9.17) is 32.7 Å². The number of aromatic amines is 2. The summed E-state index contributed by atoms with van der Waals surface area (Å²) in [7, 11) is -5.94. The van der Waals surface area contributed by atoms with Crippen molar-refractivity contribution in [2.75, 3.05) is 23.0 Å². The van der Waals surface area contributed by atoms with Gasteiger partial charge in [0.15, 0.2) is 5.82 Å². The molecule has 3 aromatic heterocycles. The van der Waals surface area contributed by atoms with Crippen molar-refractivity contribution in [2.24, 2.45) is 0 Å². The molecular formula is C35H30Cl2N8O5S2. The summed E-state index contributed by atoms with van der Waals surface area (Å²) in [5.74, 6) is 1.54. The van der Waals surface area contributed by atoms with Crippen molar-refractivity contribution < 1.29 is 21.4 Å². The fourth-order valence-electron chi connectivity index (χ4n) is 6.52. The monoisotopic (exact) mass is 776 g/mol. The van der Waals surface area contributed by atoms with Gasteiger partial charge < -0.3 is 14.5 Å². The van der Waals surface area contributed by atoms with E-state index in [0.29, 0.717) is 55.9 Å². The Morgan fingerprint density at radius 3 is 2.19 bits per heavy atom. The summed E-state index contributed by atoms with van der Waals surface area (Å²) in [6.45, 7) is 0.723. The van der Waals surface area contributed by atoms with E-state index in [0.717, 1.165) is 18.5 Å². The number of imidazole rings is 2. The molecule has 0 bridgehead atoms. The second-order valence-electron chi connectivity index (χ2n) is 12.6. The van der Waals surface area contributed by atoms with E-state index in [1.807, 2.05) is 13.1 Å². The number of halogens is 2. The molecule has 1 aliphatic heterocycles. The highest BCUT2D eigenvalue weighted by Crippen LogP contribution is 2.43. The third kappa shape index (κ3) is 6.50. The Morgan fingerprint density at radius 2 is 1.48 bits per heavy atom. The fraction of sp³-hybridized carbons (Fsp3) is 0.171. The van der Waals surface area contributed by atoms with Crippen LogP contribution in [0.15, 0.2) is 105 Å². The number of aromatic nitrogens is 5. The number of para-hydroxylation sites is 1. The third-order valence-corrected chi connectivity index (χ3v) is 12.7. The van der Waals surface area contributed by atoms with Crippen LogP contribution in [0.25, 0.3) is 33.7 Å². The van der Waals surface area contributed by atoms with Gasteiger partial charge in [-0.2, -0.15) is 0 Å². The van der Waals surface area contributed by atoms with Crippen LogP contribution in [-0.2, 0) is 20.0 Å². The van der Waals surface area contributed by atoms with Crippen molar-refractivity contribution in [3.05, 3.63) is 113 Å². The summed E-state index contributed by atoms with van der Waals surface area (Å²) in [5.41, 5.74) is 3.66. The van der Waals surface area contributed by atoms with E-state index < -0.39 is 20.0 Å². The number of likely N-dealkylation sites (tertiary alicyclic amines) is 1. The molecule has 0 amide bonds. The molecular weight excluding hydrogens is 747 g/mol. The fourth-order valence-corrected chi connectivity index (χ4v) is 9.35. The Balaban J connectivity index is 1.02. The molecule has 8 rings (SSSR count). The van der Waals surface area contributed by atoms with Gasteiger partial charge in [0.1, 0.15) is 5.82 Å². The molecule has 0 saturated carbocycles. The van der Waals surface area contributed by atoms with Gasteiger partial charge in [0, 0.05) is 6.07 Å². The average molecular weight is 778 g/mol. The molecule has 1 aliphatic rings. The quantitative estimate of drug-likeness (QED) is 0.115. The van der Waals surface area contributed by atoms with Gasteiger partial charge in [0.05, 0.1) is 65.5 Å². The van der Waals surface area contributed by atoms with Crippen molar-refractivity contribution in [3.8, 4) is 11.6 Å². The standard InChI is InChI=1S/C35H30Cl2N8O5S2/c1-45-16-14-20(17-31(45)34-39-26-11-9-21(18-29(26)41-34)51(46,47)43-25-7-3-2-6-24(25)36)23-5-4-8-28(33(23)37)44-52(48,49)22-10-12-27-30(19-22)42-35(40-27)32-13-15-38-50-32/h2-13,15,18-20,31,43-44H,14,16-17H2,1H3,(H,39,41)(H,40,42). The van der Waals surface area contributed by atoms with Crippen LogP contribution in [0.4, 0.5) is 11.4 Å². The van der Waals surface area contributed by atoms with E-state index in [-0.39, 0.29) is 33.1 Å². The number of rotatable bonds is 9. The van der Waals surface area contributed by atoms with Gasteiger partial charge >= 0.3 is 0 Å². The molecule has 1 fully saturated rings. The van der Waals surface area contributed by atoms with Crippen molar-refractivity contribution in [2.45, 2.75) is 34.6 Å². The molecule has 52 heavy (non-hydrogen) atoms. The molecule has 1 saturated heterocycles. The van der Waals surface area contributed by atoms with Crippen LogP contribution in [-0.4, -0.2) is 60.4 Å². The summed E-state index contributed by atoms with van der Waals surface area (Å²) in [6, 6.07) is 22.8. The minimum Gasteiger partial charge on any atom is -0.353 e. The molecule has 7 aromatic rings. The Hall–Kier alpha value is -4.93. The lowest BCUT2D eigenvalue weighted by Crippen LogP contribution is -2.33. The highest BCUT2D eigenvalue weighted by molar-refractivity contribution is 7.93. The predicted octanol–water partition coefficient (Wildman–Crippen LogP) is 7.55. The van der Waals surface area contributed by atoms with E-state index in [1.54, 1.807) is 60.7 Å². The van der Waals surface area contributed by atoms with Crippen LogP contribution in [0.5, 0.6) is 0 Å². The van der Waals surface area contributed by atoms with Crippen molar-refractivity contribution in [3.63, 3.8) is 0 Å². The number of fused-ring (bicyclic) bond motifs is 2. The van der Waals surface area contributed by atoms with E-state index in [1.165, 1.54) is 24.4 Å². The molecule has 2 unspecified atom stereocenters. The zero-order valence-corrected chi connectivity index (χ0v) is 30.5. The molecule has 4 N–H and O–H groups in total. The average Bonchev–Trinajstić information content (AvgIpc) is 3.90. The van der Waals surface area contributed by atoms with Crippen molar-refractivity contribution >= 4 is 76.7 Å². The van der Waals surface area contributed by atoms with Gasteiger partial charge in [-0.1, -0.05) is 52.6 Å². The number of hydrogen-bond acceptors (Lipinski definition) is 9. The molecule has 0 radical (unpaired) electrons. The highest BCUT2D eigenvalue weighted by atomic mass is 35.5. The second kappa shape index (κ2) is 13.2. The van der Waals surface area contributed by atoms with Gasteiger partial charge in [-0.05, 0) is 92.5 Å². The summed E-state index contributed by atoms with van der Waals surface area (Å²) in [6.07, 6.45) is 2.92. The molecule has 4 heterocycles. The van der Waals surface area contributed by atoms with Gasteiger partial charge in [-0.3, -0.25) is 14.3 Å². The lowest BCUT2D eigenvalue weighted by Gasteiger charge is -2.36. The van der Waals surface area contributed by atoms with Crippen molar-refractivity contribution in [1.82, 2.24) is 30.0 Å². The van der Waals surface area contributed by atoms with Crippen LogP contribution in [0.1, 0.15) is 36.2 Å². The molecule has 266 valence electrons. The molecule has 17 heteroatoms. The number of piperidine rings is 1. The third-order valence-electron chi connectivity index (χ3n) is 9.23. The van der Waals surface area contributed by atoms with Crippen LogP contribution < -0.4 is 9.44 Å². The molecule has 4 aromatic carbocycles. The summed E-state index contributed by atoms with van der Waals surface area (Å²) in [4.78, 5) is 18.0. The first-order valence-corrected chi connectivity index (χ1v) is 19.9. The molecule has 13 nitrogen and oxygen atoms in total. The Kier molecular flexibility index (Phi) is 8.70. The highest BCUT2D eigenvalue weighted by Gasteiger charge is 2.32. The number of nitrogens with zero attached hydrogens (tertiary/aromatic N) is 4. The molecule has 2 atom stereocenters. The topological polar surface area (TPSA) is 179 Å². The van der Waals surface area contributed by atoms with Crippen LogP contribution >= 0.6 is 23.2 Å². The van der Waals surface area contributed by atoms with Crippen LogP contribution in [0.3, 0.4) is 0 Å². The smallest absolute Gasteiger partial charge is 0.262 e.